The number of halogens is 1. The normalized spacial score (nSPS) is 12.9. The number of rotatable bonds is 4. The molecule has 2 aromatic heterocycles. The van der Waals surface area contributed by atoms with Crippen LogP contribution in [0.1, 0.15) is 16.6 Å². The summed E-state index contributed by atoms with van der Waals surface area (Å²) in [5.74, 6) is 5.59. The molecule has 4 nitrogen and oxygen atoms in total. The summed E-state index contributed by atoms with van der Waals surface area (Å²) in [5, 5.41) is 6.39. The van der Waals surface area contributed by atoms with Gasteiger partial charge in [0.05, 0.1) is 11.7 Å². The maximum absolute atomic E-state index is 5.59. The number of hydrazine groups is 1. The standard InChI is InChI=1S/C10H13BrN4S/c1-15-4-2-7(14-15)6-9(13-12)10-8(11)3-5-16-10/h2-5,9,13H,6,12H2,1H3. The molecule has 0 aliphatic rings. The largest absolute Gasteiger partial charge is 0.276 e. The molecule has 2 heterocycles. The van der Waals surface area contributed by atoms with Gasteiger partial charge >= 0.3 is 0 Å². The predicted octanol–water partition coefficient (Wildman–Crippen LogP) is 1.99. The third-order valence-electron chi connectivity index (χ3n) is 2.34. The second-order valence-electron chi connectivity index (χ2n) is 3.54. The van der Waals surface area contributed by atoms with Crippen LogP contribution in [-0.4, -0.2) is 9.78 Å². The van der Waals surface area contributed by atoms with E-state index in [1.807, 2.05) is 30.8 Å². The average molecular weight is 301 g/mol. The Morgan fingerprint density at radius 1 is 1.62 bits per heavy atom. The first-order valence-corrected chi connectivity index (χ1v) is 6.55. The molecular formula is C10H13BrN4S. The molecule has 0 radical (unpaired) electrons. The second kappa shape index (κ2) is 5.09. The lowest BCUT2D eigenvalue weighted by Gasteiger charge is -2.13. The molecule has 0 fully saturated rings. The molecule has 0 aliphatic carbocycles. The minimum atomic E-state index is 0.101. The summed E-state index contributed by atoms with van der Waals surface area (Å²) < 4.78 is 2.89. The summed E-state index contributed by atoms with van der Waals surface area (Å²) >= 11 is 5.20. The van der Waals surface area contributed by atoms with E-state index in [9.17, 15) is 0 Å². The van der Waals surface area contributed by atoms with Crippen LogP contribution in [0.2, 0.25) is 0 Å². The minimum absolute atomic E-state index is 0.101. The van der Waals surface area contributed by atoms with Gasteiger partial charge in [0.15, 0.2) is 0 Å². The SMILES string of the molecule is Cn1ccc(CC(NN)c2sccc2Br)n1. The number of aryl methyl sites for hydroxylation is 1. The van der Waals surface area contributed by atoms with E-state index in [2.05, 4.69) is 26.5 Å². The molecule has 3 N–H and O–H groups in total. The molecule has 1 unspecified atom stereocenters. The van der Waals surface area contributed by atoms with Gasteiger partial charge in [0, 0.05) is 29.0 Å². The van der Waals surface area contributed by atoms with E-state index in [4.69, 9.17) is 5.84 Å². The van der Waals surface area contributed by atoms with Crippen molar-refractivity contribution in [3.63, 3.8) is 0 Å². The van der Waals surface area contributed by atoms with Gasteiger partial charge in [-0.1, -0.05) is 0 Å². The number of aromatic nitrogens is 2. The molecule has 0 bridgehead atoms. The van der Waals surface area contributed by atoms with Crippen molar-refractivity contribution in [3.8, 4) is 0 Å². The summed E-state index contributed by atoms with van der Waals surface area (Å²) in [6.45, 7) is 0. The van der Waals surface area contributed by atoms with Gasteiger partial charge in [-0.3, -0.25) is 16.0 Å². The van der Waals surface area contributed by atoms with Gasteiger partial charge in [-0.05, 0) is 33.4 Å². The van der Waals surface area contributed by atoms with Crippen molar-refractivity contribution < 1.29 is 0 Å². The van der Waals surface area contributed by atoms with Gasteiger partial charge in [-0.15, -0.1) is 11.3 Å². The van der Waals surface area contributed by atoms with Crippen LogP contribution < -0.4 is 11.3 Å². The highest BCUT2D eigenvalue weighted by atomic mass is 79.9. The minimum Gasteiger partial charge on any atom is -0.276 e. The summed E-state index contributed by atoms with van der Waals surface area (Å²) in [5.41, 5.74) is 3.87. The number of hydrogen-bond donors (Lipinski definition) is 2. The van der Waals surface area contributed by atoms with Gasteiger partial charge in [0.25, 0.3) is 0 Å². The fourth-order valence-electron chi connectivity index (χ4n) is 1.56. The Balaban J connectivity index is 2.15. The second-order valence-corrected chi connectivity index (χ2v) is 5.34. The van der Waals surface area contributed by atoms with Gasteiger partial charge < -0.3 is 0 Å². The van der Waals surface area contributed by atoms with Gasteiger partial charge in [0.1, 0.15) is 0 Å². The Labute approximate surface area is 107 Å². The third-order valence-corrected chi connectivity index (χ3v) is 4.33. The number of nitrogens with zero attached hydrogens (tertiary/aromatic N) is 2. The first kappa shape index (κ1) is 11.8. The molecule has 0 amide bonds. The van der Waals surface area contributed by atoms with Crippen LogP contribution >= 0.6 is 27.3 Å². The Kier molecular flexibility index (Phi) is 3.75. The van der Waals surface area contributed by atoms with Crippen molar-refractivity contribution in [2.75, 3.05) is 0 Å². The van der Waals surface area contributed by atoms with E-state index < -0.39 is 0 Å². The highest BCUT2D eigenvalue weighted by Crippen LogP contribution is 2.30. The predicted molar refractivity (Wildman–Crippen MR) is 69.0 cm³/mol. The quantitative estimate of drug-likeness (QED) is 0.671. The average Bonchev–Trinajstić information content (AvgIpc) is 2.84. The van der Waals surface area contributed by atoms with E-state index in [1.54, 1.807) is 16.0 Å². The van der Waals surface area contributed by atoms with Crippen LogP contribution in [-0.2, 0) is 13.5 Å². The number of nitrogens with two attached hydrogens (primary N) is 1. The zero-order valence-electron chi connectivity index (χ0n) is 8.85. The monoisotopic (exact) mass is 300 g/mol. The van der Waals surface area contributed by atoms with Crippen molar-refractivity contribution in [2.24, 2.45) is 12.9 Å². The molecule has 6 heteroatoms. The molecule has 0 saturated heterocycles. The van der Waals surface area contributed by atoms with Crippen LogP contribution in [0.15, 0.2) is 28.2 Å². The van der Waals surface area contributed by atoms with Crippen molar-refractivity contribution in [1.29, 1.82) is 0 Å². The Hall–Kier alpha value is -0.690. The molecule has 2 rings (SSSR count). The summed E-state index contributed by atoms with van der Waals surface area (Å²) in [4.78, 5) is 1.20. The lowest BCUT2D eigenvalue weighted by Crippen LogP contribution is -2.29. The Bertz CT molecular complexity index is 465. The van der Waals surface area contributed by atoms with Crippen LogP contribution in [0, 0.1) is 0 Å². The smallest absolute Gasteiger partial charge is 0.0644 e. The Morgan fingerprint density at radius 3 is 2.94 bits per heavy atom. The van der Waals surface area contributed by atoms with E-state index >= 15 is 0 Å². The molecule has 0 aliphatic heterocycles. The summed E-state index contributed by atoms with van der Waals surface area (Å²) in [7, 11) is 1.91. The first-order chi connectivity index (χ1) is 7.70. The van der Waals surface area contributed by atoms with Gasteiger partial charge in [-0.2, -0.15) is 5.10 Å². The van der Waals surface area contributed by atoms with Crippen molar-refractivity contribution in [2.45, 2.75) is 12.5 Å². The van der Waals surface area contributed by atoms with Gasteiger partial charge in [0.2, 0.25) is 0 Å². The maximum atomic E-state index is 5.59. The van der Waals surface area contributed by atoms with Gasteiger partial charge in [-0.25, -0.2) is 0 Å². The van der Waals surface area contributed by atoms with E-state index in [0.717, 1.165) is 16.6 Å². The molecule has 86 valence electrons. The zero-order chi connectivity index (χ0) is 11.5. The highest BCUT2D eigenvalue weighted by molar-refractivity contribution is 9.10. The lowest BCUT2D eigenvalue weighted by atomic mass is 10.1. The zero-order valence-corrected chi connectivity index (χ0v) is 11.3. The molecular weight excluding hydrogens is 288 g/mol. The number of nitrogens with one attached hydrogen (secondary N) is 1. The Morgan fingerprint density at radius 2 is 2.44 bits per heavy atom. The maximum Gasteiger partial charge on any atom is 0.0644 e. The molecule has 0 spiro atoms. The van der Waals surface area contributed by atoms with E-state index in [0.29, 0.717) is 0 Å². The number of thiophene rings is 1. The van der Waals surface area contributed by atoms with Crippen LogP contribution in [0.4, 0.5) is 0 Å². The highest BCUT2D eigenvalue weighted by Gasteiger charge is 2.16. The van der Waals surface area contributed by atoms with Crippen molar-refractivity contribution in [1.82, 2.24) is 15.2 Å². The topological polar surface area (TPSA) is 55.9 Å². The van der Waals surface area contributed by atoms with E-state index in [-0.39, 0.29) is 6.04 Å². The molecule has 2 aromatic rings. The van der Waals surface area contributed by atoms with Crippen molar-refractivity contribution >= 4 is 27.3 Å². The molecule has 16 heavy (non-hydrogen) atoms. The van der Waals surface area contributed by atoms with Crippen LogP contribution in [0.25, 0.3) is 0 Å². The van der Waals surface area contributed by atoms with Crippen LogP contribution in [0.5, 0.6) is 0 Å². The summed E-state index contributed by atoms with van der Waals surface area (Å²) in [6.07, 6.45) is 2.73. The molecule has 1 atom stereocenters. The third kappa shape index (κ3) is 2.52. The molecule has 0 saturated carbocycles. The van der Waals surface area contributed by atoms with Crippen molar-refractivity contribution in [3.05, 3.63) is 38.8 Å². The van der Waals surface area contributed by atoms with Crippen LogP contribution in [0.3, 0.4) is 0 Å². The fraction of sp³-hybridized carbons (Fsp3) is 0.300. The first-order valence-electron chi connectivity index (χ1n) is 4.88. The number of hydrogen-bond acceptors (Lipinski definition) is 4. The fourth-order valence-corrected chi connectivity index (χ4v) is 3.27. The van der Waals surface area contributed by atoms with E-state index in [1.165, 1.54) is 4.88 Å². The summed E-state index contributed by atoms with van der Waals surface area (Å²) in [6, 6.07) is 4.14. The molecule has 0 aromatic carbocycles. The lowest BCUT2D eigenvalue weighted by molar-refractivity contribution is 0.548.